The lowest BCUT2D eigenvalue weighted by molar-refractivity contribution is 0.0596. The quantitative estimate of drug-likeness (QED) is 0.538. The van der Waals surface area contributed by atoms with Crippen LogP contribution in [0.15, 0.2) is 23.4 Å². The van der Waals surface area contributed by atoms with E-state index in [0.29, 0.717) is 13.0 Å². The SMILES string of the molecule is COc1ccc2nc(SCCCC(C)(O)CN)[nH]c2c1. The minimum absolute atomic E-state index is 0.294. The number of nitrogens with two attached hydrogens (primary N) is 1. The van der Waals surface area contributed by atoms with Crippen molar-refractivity contribution in [2.24, 2.45) is 5.73 Å². The summed E-state index contributed by atoms with van der Waals surface area (Å²) in [4.78, 5) is 7.77. The Labute approximate surface area is 122 Å². The van der Waals surface area contributed by atoms with E-state index in [0.717, 1.165) is 34.1 Å². The molecule has 2 rings (SSSR count). The summed E-state index contributed by atoms with van der Waals surface area (Å²) < 4.78 is 5.19. The van der Waals surface area contributed by atoms with E-state index in [-0.39, 0.29) is 0 Å². The first kappa shape index (κ1) is 15.2. The Hall–Kier alpha value is -1.24. The third-order valence-corrected chi connectivity index (χ3v) is 4.17. The van der Waals surface area contributed by atoms with E-state index in [9.17, 15) is 5.11 Å². The fraction of sp³-hybridized carbons (Fsp3) is 0.500. The van der Waals surface area contributed by atoms with Crippen molar-refractivity contribution in [1.82, 2.24) is 9.97 Å². The van der Waals surface area contributed by atoms with Crippen LogP contribution in [-0.2, 0) is 0 Å². The number of ether oxygens (including phenoxy) is 1. The van der Waals surface area contributed by atoms with Crippen LogP contribution in [0, 0.1) is 0 Å². The van der Waals surface area contributed by atoms with Crippen molar-refractivity contribution < 1.29 is 9.84 Å². The molecule has 110 valence electrons. The number of rotatable bonds is 7. The predicted octanol–water partition coefficient (Wildman–Crippen LogP) is 2.15. The van der Waals surface area contributed by atoms with Crippen molar-refractivity contribution in [3.05, 3.63) is 18.2 Å². The molecule has 5 nitrogen and oxygen atoms in total. The summed E-state index contributed by atoms with van der Waals surface area (Å²) in [5.41, 5.74) is 6.63. The second-order valence-electron chi connectivity index (χ2n) is 5.08. The Morgan fingerprint density at radius 3 is 3.00 bits per heavy atom. The van der Waals surface area contributed by atoms with E-state index in [1.807, 2.05) is 18.2 Å². The molecular weight excluding hydrogens is 274 g/mol. The molecule has 4 N–H and O–H groups in total. The molecule has 2 aromatic rings. The van der Waals surface area contributed by atoms with Gasteiger partial charge in [-0.2, -0.15) is 0 Å². The van der Waals surface area contributed by atoms with Crippen LogP contribution in [0.25, 0.3) is 11.0 Å². The first-order valence-corrected chi connectivity index (χ1v) is 7.61. The number of benzene rings is 1. The highest BCUT2D eigenvalue weighted by Crippen LogP contribution is 2.24. The van der Waals surface area contributed by atoms with Crippen LogP contribution in [0.3, 0.4) is 0 Å². The Morgan fingerprint density at radius 1 is 1.50 bits per heavy atom. The molecule has 0 aliphatic carbocycles. The predicted molar refractivity (Wildman–Crippen MR) is 82.3 cm³/mol. The Kier molecular flexibility index (Phi) is 4.91. The minimum Gasteiger partial charge on any atom is -0.497 e. The van der Waals surface area contributed by atoms with Gasteiger partial charge < -0.3 is 20.6 Å². The van der Waals surface area contributed by atoms with Crippen LogP contribution in [0.2, 0.25) is 0 Å². The van der Waals surface area contributed by atoms with E-state index < -0.39 is 5.60 Å². The summed E-state index contributed by atoms with van der Waals surface area (Å²) in [6.45, 7) is 2.06. The second-order valence-corrected chi connectivity index (χ2v) is 6.16. The van der Waals surface area contributed by atoms with Crippen LogP contribution >= 0.6 is 11.8 Å². The number of nitrogens with zero attached hydrogens (tertiary/aromatic N) is 1. The molecule has 6 heteroatoms. The van der Waals surface area contributed by atoms with Gasteiger partial charge in [-0.3, -0.25) is 0 Å². The summed E-state index contributed by atoms with van der Waals surface area (Å²) in [6.07, 6.45) is 1.60. The molecule has 1 aromatic carbocycles. The zero-order chi connectivity index (χ0) is 14.6. The number of aromatic amines is 1. The minimum atomic E-state index is -0.762. The van der Waals surface area contributed by atoms with Crippen LogP contribution < -0.4 is 10.5 Å². The molecule has 0 saturated carbocycles. The lowest BCUT2D eigenvalue weighted by atomic mass is 10.0. The van der Waals surface area contributed by atoms with Gasteiger partial charge in [0.15, 0.2) is 5.16 Å². The maximum Gasteiger partial charge on any atom is 0.166 e. The third kappa shape index (κ3) is 3.88. The number of aliphatic hydroxyl groups is 1. The lowest BCUT2D eigenvalue weighted by Gasteiger charge is -2.20. The van der Waals surface area contributed by atoms with Gasteiger partial charge in [-0.05, 0) is 31.9 Å². The molecule has 1 atom stereocenters. The number of nitrogens with one attached hydrogen (secondary N) is 1. The van der Waals surface area contributed by atoms with Crippen molar-refractivity contribution in [2.45, 2.75) is 30.5 Å². The molecule has 0 saturated heterocycles. The van der Waals surface area contributed by atoms with Gasteiger partial charge in [0.1, 0.15) is 5.75 Å². The summed E-state index contributed by atoms with van der Waals surface area (Å²) in [7, 11) is 1.65. The second kappa shape index (κ2) is 6.47. The van der Waals surface area contributed by atoms with Crippen molar-refractivity contribution in [2.75, 3.05) is 19.4 Å². The maximum atomic E-state index is 9.82. The van der Waals surface area contributed by atoms with Crippen LogP contribution in [0.1, 0.15) is 19.8 Å². The Morgan fingerprint density at radius 2 is 2.30 bits per heavy atom. The first-order valence-electron chi connectivity index (χ1n) is 6.63. The Balaban J connectivity index is 1.90. The first-order chi connectivity index (χ1) is 9.54. The molecule has 0 spiro atoms. The van der Waals surface area contributed by atoms with E-state index >= 15 is 0 Å². The highest BCUT2D eigenvalue weighted by Gasteiger charge is 2.17. The largest absolute Gasteiger partial charge is 0.497 e. The lowest BCUT2D eigenvalue weighted by Crippen LogP contribution is -2.34. The molecule has 1 unspecified atom stereocenters. The van der Waals surface area contributed by atoms with Crippen molar-refractivity contribution in [3.63, 3.8) is 0 Å². The highest BCUT2D eigenvalue weighted by atomic mass is 32.2. The molecule has 1 aromatic heterocycles. The number of thioether (sulfide) groups is 1. The fourth-order valence-corrected chi connectivity index (χ4v) is 2.71. The molecule has 0 aliphatic rings. The molecule has 0 amide bonds. The number of hydrogen-bond acceptors (Lipinski definition) is 5. The standard InChI is InChI=1S/C14H21N3O2S/c1-14(18,9-15)6-3-7-20-13-16-11-5-4-10(19-2)8-12(11)17-13/h4-5,8,18H,3,6-7,9,15H2,1-2H3,(H,16,17). The van der Waals surface area contributed by atoms with Gasteiger partial charge in [-0.1, -0.05) is 11.8 Å². The Bertz CT molecular complexity index is 569. The highest BCUT2D eigenvalue weighted by molar-refractivity contribution is 7.99. The zero-order valence-corrected chi connectivity index (χ0v) is 12.7. The summed E-state index contributed by atoms with van der Waals surface area (Å²) in [5.74, 6) is 1.71. The molecular formula is C14H21N3O2S. The molecule has 1 heterocycles. The van der Waals surface area contributed by atoms with Gasteiger partial charge in [-0.25, -0.2) is 4.98 Å². The number of fused-ring (bicyclic) bond motifs is 1. The monoisotopic (exact) mass is 295 g/mol. The van der Waals surface area contributed by atoms with E-state index in [2.05, 4.69) is 9.97 Å². The zero-order valence-electron chi connectivity index (χ0n) is 11.8. The average molecular weight is 295 g/mol. The van der Waals surface area contributed by atoms with E-state index in [1.165, 1.54) is 0 Å². The summed E-state index contributed by atoms with van der Waals surface area (Å²) in [5, 5.41) is 10.7. The number of H-pyrrole nitrogens is 1. The van der Waals surface area contributed by atoms with Gasteiger partial charge in [0.2, 0.25) is 0 Å². The van der Waals surface area contributed by atoms with E-state index in [4.69, 9.17) is 10.5 Å². The molecule has 0 aliphatic heterocycles. The normalized spacial score (nSPS) is 14.4. The molecule has 0 bridgehead atoms. The maximum absolute atomic E-state index is 9.82. The number of imidazole rings is 1. The summed E-state index contributed by atoms with van der Waals surface area (Å²) >= 11 is 1.65. The van der Waals surface area contributed by atoms with Crippen LogP contribution in [0.5, 0.6) is 5.75 Å². The van der Waals surface area contributed by atoms with Gasteiger partial charge >= 0.3 is 0 Å². The summed E-state index contributed by atoms with van der Waals surface area (Å²) in [6, 6.07) is 5.77. The smallest absolute Gasteiger partial charge is 0.166 e. The van der Waals surface area contributed by atoms with E-state index in [1.54, 1.807) is 25.8 Å². The van der Waals surface area contributed by atoms with Gasteiger partial charge in [0.25, 0.3) is 0 Å². The topological polar surface area (TPSA) is 84.2 Å². The van der Waals surface area contributed by atoms with Gasteiger partial charge in [-0.15, -0.1) is 0 Å². The molecule has 20 heavy (non-hydrogen) atoms. The van der Waals surface area contributed by atoms with Crippen LogP contribution in [-0.4, -0.2) is 40.1 Å². The van der Waals surface area contributed by atoms with Gasteiger partial charge in [0, 0.05) is 18.4 Å². The third-order valence-electron chi connectivity index (χ3n) is 3.21. The molecule has 0 fully saturated rings. The van der Waals surface area contributed by atoms with Crippen molar-refractivity contribution in [3.8, 4) is 5.75 Å². The van der Waals surface area contributed by atoms with Gasteiger partial charge in [0.05, 0.1) is 23.7 Å². The number of hydrogen-bond donors (Lipinski definition) is 3. The van der Waals surface area contributed by atoms with Crippen LogP contribution in [0.4, 0.5) is 0 Å². The van der Waals surface area contributed by atoms with Crippen molar-refractivity contribution in [1.29, 1.82) is 0 Å². The fourth-order valence-electron chi connectivity index (χ4n) is 1.88. The molecule has 0 radical (unpaired) electrons. The van der Waals surface area contributed by atoms with Crippen molar-refractivity contribution >= 4 is 22.8 Å². The average Bonchev–Trinajstić information content (AvgIpc) is 2.85. The number of methoxy groups -OCH3 is 1. The number of aromatic nitrogens is 2.